The topological polar surface area (TPSA) is 41.3 Å². The molecule has 1 saturated heterocycles. The van der Waals surface area contributed by atoms with Crippen LogP contribution in [0.15, 0.2) is 6.20 Å². The Hall–Kier alpha value is -0.870. The molecular formula is C16H27N3O. The van der Waals surface area contributed by atoms with Crippen molar-refractivity contribution in [3.63, 3.8) is 0 Å². The lowest BCUT2D eigenvalue weighted by atomic mass is 10.1. The summed E-state index contributed by atoms with van der Waals surface area (Å²) in [4.78, 5) is 7.44. The Morgan fingerprint density at radius 1 is 1.30 bits per heavy atom. The molecule has 0 spiro atoms. The molecule has 0 aliphatic carbocycles. The molecule has 1 fully saturated rings. The normalized spacial score (nSPS) is 27.2. The Bertz CT molecular complexity index is 455. The lowest BCUT2D eigenvalue weighted by Crippen LogP contribution is -2.36. The first-order valence-electron chi connectivity index (χ1n) is 8.12. The van der Waals surface area contributed by atoms with Crippen molar-refractivity contribution in [3.05, 3.63) is 17.7 Å². The minimum Gasteiger partial charge on any atom is -0.394 e. The molecule has 0 bridgehead atoms. The van der Waals surface area contributed by atoms with E-state index in [1.165, 1.54) is 30.9 Å². The quantitative estimate of drug-likeness (QED) is 0.917. The van der Waals surface area contributed by atoms with E-state index in [0.717, 1.165) is 25.7 Å². The molecule has 0 amide bonds. The first-order chi connectivity index (χ1) is 9.69. The number of aliphatic hydroxyl groups excluding tert-OH is 1. The molecular weight excluding hydrogens is 250 g/mol. The van der Waals surface area contributed by atoms with Crippen LogP contribution in [0.3, 0.4) is 0 Å². The van der Waals surface area contributed by atoms with Gasteiger partial charge >= 0.3 is 0 Å². The fourth-order valence-corrected chi connectivity index (χ4v) is 3.90. The van der Waals surface area contributed by atoms with Gasteiger partial charge in [-0.3, -0.25) is 4.90 Å². The maximum absolute atomic E-state index is 9.49. The maximum Gasteiger partial charge on any atom is 0.109 e. The highest BCUT2D eigenvalue weighted by Gasteiger charge is 2.28. The third-order valence-electron chi connectivity index (χ3n) is 4.93. The Balaban J connectivity index is 1.74. The zero-order chi connectivity index (χ0) is 14.1. The summed E-state index contributed by atoms with van der Waals surface area (Å²) in [5, 5.41) is 9.49. The van der Waals surface area contributed by atoms with Gasteiger partial charge in [-0.2, -0.15) is 0 Å². The van der Waals surface area contributed by atoms with E-state index in [9.17, 15) is 5.11 Å². The van der Waals surface area contributed by atoms with Crippen molar-refractivity contribution in [2.75, 3.05) is 13.2 Å². The monoisotopic (exact) mass is 277 g/mol. The van der Waals surface area contributed by atoms with Crippen LogP contribution in [0.2, 0.25) is 0 Å². The molecule has 1 N–H and O–H groups in total. The molecule has 112 valence electrons. The zero-order valence-corrected chi connectivity index (χ0v) is 12.8. The maximum atomic E-state index is 9.49. The fourth-order valence-electron chi connectivity index (χ4n) is 3.90. The second kappa shape index (κ2) is 5.86. The standard InChI is InChI=1S/C16H27N3O/c1-12(2)18-8-4-6-14(18)9-13-10-19-15(11-20)5-3-7-16(19)17-13/h10,12,14-15,20H,3-9,11H2,1-2H3. The summed E-state index contributed by atoms with van der Waals surface area (Å²) < 4.78 is 2.23. The number of hydrogen-bond donors (Lipinski definition) is 1. The number of hydrogen-bond acceptors (Lipinski definition) is 3. The minimum absolute atomic E-state index is 0.240. The van der Waals surface area contributed by atoms with Crippen LogP contribution < -0.4 is 0 Å². The second-order valence-corrected chi connectivity index (χ2v) is 6.62. The van der Waals surface area contributed by atoms with E-state index in [2.05, 4.69) is 29.5 Å². The molecule has 2 aliphatic rings. The number of rotatable bonds is 4. The summed E-state index contributed by atoms with van der Waals surface area (Å²) in [6.07, 6.45) is 9.18. The highest BCUT2D eigenvalue weighted by molar-refractivity contribution is 5.10. The van der Waals surface area contributed by atoms with E-state index in [-0.39, 0.29) is 12.6 Å². The summed E-state index contributed by atoms with van der Waals surface area (Å²) in [5.74, 6) is 1.18. The van der Waals surface area contributed by atoms with Gasteiger partial charge in [-0.15, -0.1) is 0 Å². The zero-order valence-electron chi connectivity index (χ0n) is 12.8. The van der Waals surface area contributed by atoms with E-state index >= 15 is 0 Å². The van der Waals surface area contributed by atoms with E-state index in [1.54, 1.807) is 0 Å². The van der Waals surface area contributed by atoms with Gasteiger partial charge in [0.25, 0.3) is 0 Å². The van der Waals surface area contributed by atoms with Crippen LogP contribution in [0.4, 0.5) is 0 Å². The summed E-state index contributed by atoms with van der Waals surface area (Å²) >= 11 is 0. The molecule has 3 rings (SSSR count). The van der Waals surface area contributed by atoms with Gasteiger partial charge in [0.15, 0.2) is 0 Å². The Morgan fingerprint density at radius 2 is 2.10 bits per heavy atom. The van der Waals surface area contributed by atoms with Crippen LogP contribution in [0.25, 0.3) is 0 Å². The number of imidazole rings is 1. The van der Waals surface area contributed by atoms with E-state index < -0.39 is 0 Å². The largest absolute Gasteiger partial charge is 0.394 e. The molecule has 2 atom stereocenters. The van der Waals surface area contributed by atoms with Crippen molar-refractivity contribution < 1.29 is 5.11 Å². The highest BCUT2D eigenvalue weighted by Crippen LogP contribution is 2.27. The van der Waals surface area contributed by atoms with E-state index in [0.29, 0.717) is 12.1 Å². The summed E-state index contributed by atoms with van der Waals surface area (Å²) in [6, 6.07) is 1.54. The SMILES string of the molecule is CC(C)N1CCCC1Cc1cn2c(n1)CCCC2CO. The number of nitrogens with zero attached hydrogens (tertiary/aromatic N) is 3. The van der Waals surface area contributed by atoms with Crippen molar-refractivity contribution >= 4 is 0 Å². The molecule has 4 heteroatoms. The molecule has 1 aromatic rings. The Kier molecular flexibility index (Phi) is 4.13. The highest BCUT2D eigenvalue weighted by atomic mass is 16.3. The van der Waals surface area contributed by atoms with E-state index in [4.69, 9.17) is 4.98 Å². The molecule has 2 unspecified atom stereocenters. The number of likely N-dealkylation sites (tertiary alicyclic amines) is 1. The van der Waals surface area contributed by atoms with Gasteiger partial charge in [-0.1, -0.05) is 0 Å². The number of aliphatic hydroxyl groups is 1. The van der Waals surface area contributed by atoms with Crippen molar-refractivity contribution in [3.8, 4) is 0 Å². The molecule has 0 aromatic carbocycles. The Morgan fingerprint density at radius 3 is 2.85 bits per heavy atom. The second-order valence-electron chi connectivity index (χ2n) is 6.62. The molecule has 4 nitrogen and oxygen atoms in total. The summed E-state index contributed by atoms with van der Waals surface area (Å²) in [6.45, 7) is 6.05. The first-order valence-corrected chi connectivity index (χ1v) is 8.12. The summed E-state index contributed by atoms with van der Waals surface area (Å²) in [5.41, 5.74) is 1.22. The van der Waals surface area contributed by atoms with Crippen molar-refractivity contribution in [2.24, 2.45) is 0 Å². The van der Waals surface area contributed by atoms with Gasteiger partial charge in [0.2, 0.25) is 0 Å². The van der Waals surface area contributed by atoms with Gasteiger partial charge in [-0.25, -0.2) is 4.98 Å². The average molecular weight is 277 g/mol. The number of aromatic nitrogens is 2. The van der Waals surface area contributed by atoms with Gasteiger partial charge in [0.1, 0.15) is 5.82 Å². The van der Waals surface area contributed by atoms with Crippen LogP contribution in [0.1, 0.15) is 57.1 Å². The van der Waals surface area contributed by atoms with Crippen LogP contribution in [-0.4, -0.2) is 44.8 Å². The van der Waals surface area contributed by atoms with Gasteiger partial charge in [-0.05, 0) is 46.1 Å². The summed E-state index contributed by atoms with van der Waals surface area (Å²) in [7, 11) is 0. The average Bonchev–Trinajstić information content (AvgIpc) is 3.04. The van der Waals surface area contributed by atoms with Crippen LogP contribution in [0.5, 0.6) is 0 Å². The molecule has 20 heavy (non-hydrogen) atoms. The predicted molar refractivity (Wildman–Crippen MR) is 79.9 cm³/mol. The van der Waals surface area contributed by atoms with Crippen LogP contribution in [-0.2, 0) is 12.8 Å². The Labute approximate surface area is 121 Å². The van der Waals surface area contributed by atoms with E-state index in [1.807, 2.05) is 0 Å². The molecule has 3 heterocycles. The molecule has 0 radical (unpaired) electrons. The lowest BCUT2D eigenvalue weighted by molar-refractivity contribution is 0.201. The van der Waals surface area contributed by atoms with Crippen LogP contribution in [0, 0.1) is 0 Å². The lowest BCUT2D eigenvalue weighted by Gasteiger charge is -2.27. The van der Waals surface area contributed by atoms with Crippen molar-refractivity contribution in [1.29, 1.82) is 0 Å². The van der Waals surface area contributed by atoms with Gasteiger partial charge in [0.05, 0.1) is 18.3 Å². The number of aryl methyl sites for hydroxylation is 1. The first kappa shape index (κ1) is 14.1. The number of fused-ring (bicyclic) bond motifs is 1. The minimum atomic E-state index is 0.240. The van der Waals surface area contributed by atoms with Crippen LogP contribution >= 0.6 is 0 Å². The molecule has 0 saturated carbocycles. The predicted octanol–water partition coefficient (Wildman–Crippen LogP) is 2.17. The third-order valence-corrected chi connectivity index (χ3v) is 4.93. The smallest absolute Gasteiger partial charge is 0.109 e. The molecule has 2 aliphatic heterocycles. The van der Waals surface area contributed by atoms with Crippen molar-refractivity contribution in [1.82, 2.24) is 14.5 Å². The van der Waals surface area contributed by atoms with Crippen molar-refractivity contribution in [2.45, 2.75) is 70.5 Å². The van der Waals surface area contributed by atoms with Gasteiger partial charge in [0, 0.05) is 31.1 Å². The fraction of sp³-hybridized carbons (Fsp3) is 0.812. The van der Waals surface area contributed by atoms with Gasteiger partial charge < -0.3 is 9.67 Å². The third kappa shape index (κ3) is 2.63. The molecule has 1 aromatic heterocycles.